The standard InChI is InChI=1S/C20H17N3O6S/c1-3-28-19(25)17-11(2)21-20-22(16(24)10-30-20)18(17)15-9-8-14(29-15)12-4-6-13(7-5-12)23(26)27/h4-9,18H,3,10H2,1-2H3/t18-/m0/s1. The average Bonchev–Trinajstić information content (AvgIpc) is 3.34. The van der Waals surface area contributed by atoms with Crippen molar-refractivity contribution in [3.05, 3.63) is 63.5 Å². The highest BCUT2D eigenvalue weighted by Crippen LogP contribution is 2.42. The lowest BCUT2D eigenvalue weighted by Crippen LogP contribution is -2.39. The number of furan rings is 1. The molecule has 154 valence electrons. The van der Waals surface area contributed by atoms with Crippen LogP contribution in [-0.4, -0.2) is 39.2 Å². The van der Waals surface area contributed by atoms with E-state index >= 15 is 0 Å². The molecule has 2 aliphatic heterocycles. The van der Waals surface area contributed by atoms with E-state index in [1.54, 1.807) is 38.1 Å². The fourth-order valence-corrected chi connectivity index (χ4v) is 4.32. The van der Waals surface area contributed by atoms with Gasteiger partial charge in [0.1, 0.15) is 17.6 Å². The van der Waals surface area contributed by atoms with Crippen molar-refractivity contribution >= 4 is 34.5 Å². The number of hydrogen-bond acceptors (Lipinski definition) is 8. The number of benzene rings is 1. The van der Waals surface area contributed by atoms with E-state index < -0.39 is 16.9 Å². The summed E-state index contributed by atoms with van der Waals surface area (Å²) in [4.78, 5) is 41.5. The second-order valence-electron chi connectivity index (χ2n) is 6.57. The third-order valence-corrected chi connectivity index (χ3v) is 5.68. The number of allylic oxidation sites excluding steroid dienone is 1. The lowest BCUT2D eigenvalue weighted by atomic mass is 10.00. The molecular formula is C20H17N3O6S. The van der Waals surface area contributed by atoms with Crippen LogP contribution in [0.3, 0.4) is 0 Å². The molecule has 0 unspecified atom stereocenters. The molecule has 2 aliphatic rings. The second kappa shape index (κ2) is 7.79. The van der Waals surface area contributed by atoms with Crippen molar-refractivity contribution in [1.82, 2.24) is 4.90 Å². The highest BCUT2D eigenvalue weighted by atomic mass is 32.2. The lowest BCUT2D eigenvalue weighted by molar-refractivity contribution is -0.384. The number of amides is 1. The Bertz CT molecular complexity index is 1100. The van der Waals surface area contributed by atoms with E-state index in [0.717, 1.165) is 0 Å². The quantitative estimate of drug-likeness (QED) is 0.406. The van der Waals surface area contributed by atoms with Crippen LogP contribution in [0.1, 0.15) is 25.6 Å². The first-order chi connectivity index (χ1) is 14.4. The molecule has 2 aromatic rings. The van der Waals surface area contributed by atoms with E-state index in [9.17, 15) is 19.7 Å². The first-order valence-electron chi connectivity index (χ1n) is 9.16. The zero-order chi connectivity index (χ0) is 21.4. The Balaban J connectivity index is 1.75. The van der Waals surface area contributed by atoms with Gasteiger partial charge in [0, 0.05) is 17.7 Å². The van der Waals surface area contributed by atoms with E-state index in [4.69, 9.17) is 9.15 Å². The van der Waals surface area contributed by atoms with Gasteiger partial charge in [-0.3, -0.25) is 19.8 Å². The molecule has 1 aromatic carbocycles. The number of hydrogen-bond donors (Lipinski definition) is 0. The Hall–Kier alpha value is -3.40. The molecule has 1 amide bonds. The summed E-state index contributed by atoms with van der Waals surface area (Å²) in [5.41, 5.74) is 1.33. The zero-order valence-electron chi connectivity index (χ0n) is 16.2. The van der Waals surface area contributed by atoms with Crippen LogP contribution < -0.4 is 0 Å². The average molecular weight is 427 g/mol. The first kappa shape index (κ1) is 19.9. The van der Waals surface area contributed by atoms with Crippen molar-refractivity contribution < 1.29 is 23.7 Å². The third kappa shape index (κ3) is 3.39. The number of nitro groups is 1. The van der Waals surface area contributed by atoms with E-state index in [1.807, 2.05) is 0 Å². The Morgan fingerprint density at radius 3 is 2.73 bits per heavy atom. The molecular weight excluding hydrogens is 410 g/mol. The number of thioether (sulfide) groups is 1. The minimum atomic E-state index is -0.786. The molecule has 0 spiro atoms. The van der Waals surface area contributed by atoms with Crippen LogP contribution in [0.5, 0.6) is 0 Å². The normalized spacial score (nSPS) is 18.3. The van der Waals surface area contributed by atoms with Gasteiger partial charge in [0.15, 0.2) is 5.17 Å². The maximum Gasteiger partial charge on any atom is 0.338 e. The Kier molecular flexibility index (Phi) is 5.17. The molecule has 0 aliphatic carbocycles. The van der Waals surface area contributed by atoms with Crippen LogP contribution in [0, 0.1) is 10.1 Å². The fourth-order valence-electron chi connectivity index (χ4n) is 3.38. The van der Waals surface area contributed by atoms with Gasteiger partial charge in [0.2, 0.25) is 5.91 Å². The Labute approximate surface area is 175 Å². The summed E-state index contributed by atoms with van der Waals surface area (Å²) in [6, 6.07) is 8.54. The Morgan fingerprint density at radius 2 is 2.07 bits per heavy atom. The van der Waals surface area contributed by atoms with Crippen molar-refractivity contribution in [1.29, 1.82) is 0 Å². The highest BCUT2D eigenvalue weighted by Gasteiger charge is 2.44. The number of nitro benzene ring substituents is 1. The van der Waals surface area contributed by atoms with Gasteiger partial charge in [-0.1, -0.05) is 11.8 Å². The summed E-state index contributed by atoms with van der Waals surface area (Å²) < 4.78 is 11.2. The molecule has 1 atom stereocenters. The summed E-state index contributed by atoms with van der Waals surface area (Å²) in [6.45, 7) is 3.59. The largest absolute Gasteiger partial charge is 0.463 e. The van der Waals surface area contributed by atoms with Gasteiger partial charge >= 0.3 is 5.97 Å². The summed E-state index contributed by atoms with van der Waals surface area (Å²) in [5.74, 6) is 0.347. The van der Waals surface area contributed by atoms with Crippen molar-refractivity contribution in [3.8, 4) is 11.3 Å². The van der Waals surface area contributed by atoms with Gasteiger partial charge in [-0.05, 0) is 38.1 Å². The van der Waals surface area contributed by atoms with Crippen molar-refractivity contribution in [2.24, 2.45) is 4.99 Å². The number of aliphatic imine (C=N–C) groups is 1. The van der Waals surface area contributed by atoms with Gasteiger partial charge in [0.05, 0.1) is 28.6 Å². The molecule has 0 bridgehead atoms. The van der Waals surface area contributed by atoms with Crippen LogP contribution in [0.15, 0.2) is 57.1 Å². The van der Waals surface area contributed by atoms with Crippen molar-refractivity contribution in [2.45, 2.75) is 19.9 Å². The summed E-state index contributed by atoms with van der Waals surface area (Å²) in [7, 11) is 0. The van der Waals surface area contributed by atoms with E-state index in [2.05, 4.69) is 4.99 Å². The van der Waals surface area contributed by atoms with Crippen LogP contribution in [0.25, 0.3) is 11.3 Å². The molecule has 3 heterocycles. The molecule has 10 heteroatoms. The number of carbonyl (C=O) groups excluding carboxylic acids is 2. The highest BCUT2D eigenvalue weighted by molar-refractivity contribution is 8.15. The van der Waals surface area contributed by atoms with Crippen molar-refractivity contribution in [2.75, 3.05) is 12.4 Å². The second-order valence-corrected chi connectivity index (χ2v) is 7.52. The smallest absolute Gasteiger partial charge is 0.338 e. The fraction of sp³-hybridized carbons (Fsp3) is 0.250. The van der Waals surface area contributed by atoms with Crippen LogP contribution >= 0.6 is 11.8 Å². The molecule has 30 heavy (non-hydrogen) atoms. The summed E-state index contributed by atoms with van der Waals surface area (Å²) in [5, 5.41) is 11.4. The van der Waals surface area contributed by atoms with Gasteiger partial charge in [-0.2, -0.15) is 0 Å². The molecule has 9 nitrogen and oxygen atoms in total. The predicted molar refractivity (Wildman–Crippen MR) is 110 cm³/mol. The molecule has 0 saturated carbocycles. The van der Waals surface area contributed by atoms with Gasteiger partial charge < -0.3 is 9.15 Å². The van der Waals surface area contributed by atoms with Crippen LogP contribution in [0.2, 0.25) is 0 Å². The molecule has 1 fully saturated rings. The van der Waals surface area contributed by atoms with Crippen LogP contribution in [-0.2, 0) is 14.3 Å². The number of fused-ring (bicyclic) bond motifs is 1. The Morgan fingerprint density at radius 1 is 1.33 bits per heavy atom. The predicted octanol–water partition coefficient (Wildman–Crippen LogP) is 3.68. The van der Waals surface area contributed by atoms with Gasteiger partial charge in [0.25, 0.3) is 5.69 Å². The topological polar surface area (TPSA) is 115 Å². The number of non-ortho nitro benzene ring substituents is 1. The van der Waals surface area contributed by atoms with Gasteiger partial charge in [-0.15, -0.1) is 0 Å². The number of carbonyl (C=O) groups is 2. The first-order valence-corrected chi connectivity index (χ1v) is 10.1. The molecule has 0 radical (unpaired) electrons. The zero-order valence-corrected chi connectivity index (χ0v) is 17.0. The molecule has 4 rings (SSSR count). The number of nitrogens with zero attached hydrogens (tertiary/aromatic N) is 3. The SMILES string of the molecule is CCOC(=O)C1=C(C)N=C2SCC(=O)N2[C@H]1c1ccc(-c2ccc([N+](=O)[O-])cc2)o1. The summed E-state index contributed by atoms with van der Waals surface area (Å²) in [6.07, 6.45) is 0. The number of rotatable bonds is 5. The molecule has 1 saturated heterocycles. The van der Waals surface area contributed by atoms with E-state index in [-0.39, 0.29) is 29.5 Å². The molecule has 0 N–H and O–H groups in total. The number of esters is 1. The van der Waals surface area contributed by atoms with Gasteiger partial charge in [-0.25, -0.2) is 9.79 Å². The molecule has 1 aromatic heterocycles. The number of ether oxygens (including phenoxy) is 1. The minimum Gasteiger partial charge on any atom is -0.463 e. The maximum absolute atomic E-state index is 12.7. The maximum atomic E-state index is 12.7. The van der Waals surface area contributed by atoms with E-state index in [1.165, 1.54) is 28.8 Å². The van der Waals surface area contributed by atoms with E-state index in [0.29, 0.717) is 27.9 Å². The lowest BCUT2D eigenvalue weighted by Gasteiger charge is -2.31. The van der Waals surface area contributed by atoms with Crippen LogP contribution in [0.4, 0.5) is 5.69 Å². The minimum absolute atomic E-state index is 0.0264. The number of amidine groups is 1. The third-order valence-electron chi connectivity index (χ3n) is 4.74. The monoisotopic (exact) mass is 427 g/mol. The summed E-state index contributed by atoms with van der Waals surface area (Å²) >= 11 is 1.31. The van der Waals surface area contributed by atoms with Crippen molar-refractivity contribution in [3.63, 3.8) is 0 Å².